The first-order chi connectivity index (χ1) is 8.83. The predicted molar refractivity (Wildman–Crippen MR) is 68.9 cm³/mol. The van der Waals surface area contributed by atoms with Crippen molar-refractivity contribution >= 4 is 5.71 Å². The van der Waals surface area contributed by atoms with Crippen molar-refractivity contribution < 1.29 is 10.3 Å². The van der Waals surface area contributed by atoms with Gasteiger partial charge in [0.15, 0.2) is 0 Å². The Morgan fingerprint density at radius 3 is 2.61 bits per heavy atom. The molecule has 0 spiro atoms. The molecule has 0 amide bonds. The van der Waals surface area contributed by atoms with E-state index in [0.717, 1.165) is 38.4 Å². The Balaban J connectivity index is 1.62. The summed E-state index contributed by atoms with van der Waals surface area (Å²) in [6, 6.07) is 0.394. The van der Waals surface area contributed by atoms with Crippen LogP contribution in [0.15, 0.2) is 5.16 Å². The number of nitrogens with zero attached hydrogens (tertiary/aromatic N) is 3. The Kier molecular flexibility index (Phi) is 3.54. The summed E-state index contributed by atoms with van der Waals surface area (Å²) in [5, 5.41) is 21.8. The summed E-state index contributed by atoms with van der Waals surface area (Å²) in [4.78, 5) is 4.80. The largest absolute Gasteiger partial charge is 0.411 e. The zero-order valence-corrected chi connectivity index (χ0v) is 10.8. The average Bonchev–Trinajstić information content (AvgIpc) is 3.00. The summed E-state index contributed by atoms with van der Waals surface area (Å²) in [6.45, 7) is 5.14. The molecule has 0 radical (unpaired) electrons. The third-order valence-corrected chi connectivity index (χ3v) is 4.97. The third-order valence-electron chi connectivity index (χ3n) is 4.97. The van der Waals surface area contributed by atoms with Crippen molar-refractivity contribution in [1.29, 1.82) is 0 Å². The molecule has 2 N–H and O–H groups in total. The normalized spacial score (nSPS) is 39.8. The number of hydrogen-bond acceptors (Lipinski definition) is 5. The molecule has 0 unspecified atom stereocenters. The Hall–Kier alpha value is -0.650. The molecule has 0 aromatic rings. The van der Waals surface area contributed by atoms with Gasteiger partial charge in [-0.25, -0.2) is 0 Å². The van der Waals surface area contributed by atoms with Gasteiger partial charge in [-0.3, -0.25) is 9.80 Å². The highest BCUT2D eigenvalue weighted by atomic mass is 16.4. The van der Waals surface area contributed by atoms with E-state index < -0.39 is 0 Å². The number of β-amino-alcohol motifs (C(OH)–C–C–N with tert-alkyl or cyclic N) is 1. The van der Waals surface area contributed by atoms with E-state index >= 15 is 0 Å². The highest BCUT2D eigenvalue weighted by molar-refractivity contribution is 5.94. The summed E-state index contributed by atoms with van der Waals surface area (Å²) in [6.07, 6.45) is 3.73. The van der Waals surface area contributed by atoms with Crippen LogP contribution in [0, 0.1) is 11.8 Å². The lowest BCUT2D eigenvalue weighted by Crippen LogP contribution is -2.54. The molecule has 5 heteroatoms. The minimum Gasteiger partial charge on any atom is -0.411 e. The number of hydrogen-bond donors (Lipinski definition) is 2. The minimum absolute atomic E-state index is 0.247. The quantitative estimate of drug-likeness (QED) is 0.558. The zero-order chi connectivity index (χ0) is 12.5. The Labute approximate surface area is 108 Å². The molecule has 5 nitrogen and oxygen atoms in total. The van der Waals surface area contributed by atoms with Gasteiger partial charge in [-0.2, -0.15) is 0 Å². The van der Waals surface area contributed by atoms with E-state index in [-0.39, 0.29) is 6.61 Å². The van der Waals surface area contributed by atoms with Crippen LogP contribution in [0.4, 0.5) is 0 Å². The van der Waals surface area contributed by atoms with Crippen LogP contribution in [0.2, 0.25) is 0 Å². The van der Waals surface area contributed by atoms with Gasteiger partial charge in [0, 0.05) is 38.6 Å². The monoisotopic (exact) mass is 253 g/mol. The maximum absolute atomic E-state index is 9.24. The van der Waals surface area contributed by atoms with Crippen LogP contribution in [0.5, 0.6) is 0 Å². The van der Waals surface area contributed by atoms with Crippen molar-refractivity contribution in [3.63, 3.8) is 0 Å². The third kappa shape index (κ3) is 2.04. The second kappa shape index (κ2) is 5.15. The molecule has 2 bridgehead atoms. The maximum atomic E-state index is 9.24. The summed E-state index contributed by atoms with van der Waals surface area (Å²) in [7, 11) is 0. The minimum atomic E-state index is 0.247. The highest BCUT2D eigenvalue weighted by Gasteiger charge is 2.48. The molecule has 2 saturated carbocycles. The molecule has 1 aliphatic heterocycles. The van der Waals surface area contributed by atoms with Crippen molar-refractivity contribution in [3.05, 3.63) is 0 Å². The lowest BCUT2D eigenvalue weighted by atomic mass is 9.91. The Bertz CT molecular complexity index is 326. The molecule has 0 aromatic heterocycles. The zero-order valence-electron chi connectivity index (χ0n) is 10.8. The molecule has 3 rings (SSSR count). The SMILES string of the molecule is OCCN1CCN([C@@H]2/C(=N\O)[C@@H]3CC[C@@H]2C3)CC1. The number of aliphatic hydroxyl groups is 1. The highest BCUT2D eigenvalue weighted by Crippen LogP contribution is 2.45. The van der Waals surface area contributed by atoms with Crippen LogP contribution in [0.1, 0.15) is 19.3 Å². The van der Waals surface area contributed by atoms with E-state index in [1.807, 2.05) is 0 Å². The molecule has 3 fully saturated rings. The molecule has 0 aromatic carbocycles. The number of fused-ring (bicyclic) bond motifs is 2. The van der Waals surface area contributed by atoms with E-state index in [4.69, 9.17) is 5.11 Å². The molecule has 3 atom stereocenters. The number of rotatable bonds is 3. The molecule has 102 valence electrons. The fraction of sp³-hybridized carbons (Fsp3) is 0.923. The van der Waals surface area contributed by atoms with Gasteiger partial charge in [0.2, 0.25) is 0 Å². The second-order valence-corrected chi connectivity index (χ2v) is 5.84. The van der Waals surface area contributed by atoms with E-state index in [0.29, 0.717) is 17.9 Å². The number of aliphatic hydroxyl groups excluding tert-OH is 1. The fourth-order valence-corrected chi connectivity index (χ4v) is 4.09. The van der Waals surface area contributed by atoms with Gasteiger partial charge in [-0.15, -0.1) is 0 Å². The lowest BCUT2D eigenvalue weighted by molar-refractivity contribution is 0.0863. The van der Waals surface area contributed by atoms with Crippen LogP contribution in [-0.4, -0.2) is 71.2 Å². The van der Waals surface area contributed by atoms with Crippen molar-refractivity contribution in [1.82, 2.24) is 9.80 Å². The average molecular weight is 253 g/mol. The second-order valence-electron chi connectivity index (χ2n) is 5.84. The van der Waals surface area contributed by atoms with E-state index in [2.05, 4.69) is 15.0 Å². The van der Waals surface area contributed by atoms with E-state index in [9.17, 15) is 5.21 Å². The van der Waals surface area contributed by atoms with Crippen LogP contribution in [0.25, 0.3) is 0 Å². The van der Waals surface area contributed by atoms with Gasteiger partial charge in [-0.1, -0.05) is 5.16 Å². The van der Waals surface area contributed by atoms with Crippen molar-refractivity contribution in [2.75, 3.05) is 39.3 Å². The van der Waals surface area contributed by atoms with Crippen LogP contribution < -0.4 is 0 Å². The van der Waals surface area contributed by atoms with Gasteiger partial charge < -0.3 is 10.3 Å². The number of oxime groups is 1. The summed E-state index contributed by atoms with van der Waals surface area (Å²) >= 11 is 0. The lowest BCUT2D eigenvalue weighted by Gasteiger charge is -2.40. The summed E-state index contributed by atoms with van der Waals surface area (Å²) < 4.78 is 0. The first-order valence-corrected chi connectivity index (χ1v) is 7.12. The molecule has 18 heavy (non-hydrogen) atoms. The van der Waals surface area contributed by atoms with Crippen molar-refractivity contribution in [2.24, 2.45) is 17.0 Å². The van der Waals surface area contributed by atoms with E-state index in [1.54, 1.807) is 0 Å². The molecule has 1 heterocycles. The van der Waals surface area contributed by atoms with Gasteiger partial charge in [0.1, 0.15) is 0 Å². The Morgan fingerprint density at radius 1 is 1.17 bits per heavy atom. The van der Waals surface area contributed by atoms with Gasteiger partial charge in [-0.05, 0) is 25.2 Å². The predicted octanol–water partition coefficient (Wildman–Crippen LogP) is 0.225. The Morgan fingerprint density at radius 2 is 1.94 bits per heavy atom. The van der Waals surface area contributed by atoms with Gasteiger partial charge in [0.05, 0.1) is 18.4 Å². The van der Waals surface area contributed by atoms with Gasteiger partial charge >= 0.3 is 0 Å². The van der Waals surface area contributed by atoms with Crippen LogP contribution >= 0.6 is 0 Å². The van der Waals surface area contributed by atoms with Crippen molar-refractivity contribution in [2.45, 2.75) is 25.3 Å². The first-order valence-electron chi connectivity index (χ1n) is 7.12. The summed E-state index contributed by atoms with van der Waals surface area (Å²) in [5.74, 6) is 1.26. The molecular weight excluding hydrogens is 230 g/mol. The van der Waals surface area contributed by atoms with E-state index in [1.165, 1.54) is 19.3 Å². The maximum Gasteiger partial charge on any atom is 0.0775 e. The molecule has 2 aliphatic carbocycles. The smallest absolute Gasteiger partial charge is 0.0775 e. The van der Waals surface area contributed by atoms with Crippen molar-refractivity contribution in [3.8, 4) is 0 Å². The van der Waals surface area contributed by atoms with Crippen LogP contribution in [-0.2, 0) is 0 Å². The molecular formula is C13H23N3O2. The van der Waals surface area contributed by atoms with Crippen LogP contribution in [0.3, 0.4) is 0 Å². The summed E-state index contributed by atoms with van der Waals surface area (Å²) in [5.41, 5.74) is 1.04. The number of piperazine rings is 1. The molecule has 3 aliphatic rings. The molecule has 1 saturated heterocycles. The van der Waals surface area contributed by atoms with Gasteiger partial charge in [0.25, 0.3) is 0 Å². The first kappa shape index (κ1) is 12.4. The standard InChI is InChI=1S/C13H23N3O2/c17-8-7-15-3-5-16(6-4-15)13-11-2-1-10(9-11)12(13)14-18/h10-11,13,17-18H,1-9H2/b14-12-/t10-,11-,13+/m1/s1. The fourth-order valence-electron chi connectivity index (χ4n) is 4.09. The topological polar surface area (TPSA) is 59.3 Å².